The van der Waals surface area contributed by atoms with E-state index in [0.717, 1.165) is 28.0 Å². The molecule has 1 atom stereocenters. The molecule has 0 radical (unpaired) electrons. The van der Waals surface area contributed by atoms with Crippen LogP contribution in [0.5, 0.6) is 0 Å². The SMILES string of the molecule is PC(=C(c1ccccn1)c1ccccn1)c1ccccn1. The van der Waals surface area contributed by atoms with Crippen molar-refractivity contribution >= 4 is 20.1 Å². The van der Waals surface area contributed by atoms with E-state index < -0.39 is 0 Å². The van der Waals surface area contributed by atoms with E-state index in [1.807, 2.05) is 54.6 Å². The van der Waals surface area contributed by atoms with E-state index >= 15 is 0 Å². The van der Waals surface area contributed by atoms with Crippen LogP contribution in [0.2, 0.25) is 0 Å². The van der Waals surface area contributed by atoms with Gasteiger partial charge in [-0.05, 0) is 36.4 Å². The summed E-state index contributed by atoms with van der Waals surface area (Å²) in [6.07, 6.45) is 5.36. The van der Waals surface area contributed by atoms with E-state index in [1.54, 1.807) is 18.6 Å². The molecule has 0 spiro atoms. The number of aromatic nitrogens is 3. The van der Waals surface area contributed by atoms with Crippen molar-refractivity contribution in [1.82, 2.24) is 15.0 Å². The van der Waals surface area contributed by atoms with E-state index in [2.05, 4.69) is 24.2 Å². The fraction of sp³-hybridized carbons (Fsp3) is 0. The minimum Gasteiger partial charge on any atom is -0.256 e. The van der Waals surface area contributed by atoms with Crippen LogP contribution >= 0.6 is 9.24 Å². The highest BCUT2D eigenvalue weighted by molar-refractivity contribution is 7.32. The van der Waals surface area contributed by atoms with Gasteiger partial charge in [-0.3, -0.25) is 15.0 Å². The fourth-order valence-electron chi connectivity index (χ4n) is 2.08. The van der Waals surface area contributed by atoms with Crippen molar-refractivity contribution in [2.75, 3.05) is 0 Å². The van der Waals surface area contributed by atoms with Gasteiger partial charge in [-0.25, -0.2) is 0 Å². The molecule has 0 saturated heterocycles. The van der Waals surface area contributed by atoms with E-state index in [-0.39, 0.29) is 0 Å². The summed E-state index contributed by atoms with van der Waals surface area (Å²) in [6, 6.07) is 17.6. The molecule has 0 aromatic carbocycles. The third-order valence-corrected chi connectivity index (χ3v) is 3.64. The molecule has 3 nitrogen and oxygen atoms in total. The number of pyridine rings is 3. The molecule has 4 heteroatoms. The molecule has 3 aromatic heterocycles. The topological polar surface area (TPSA) is 38.7 Å². The van der Waals surface area contributed by atoms with Crippen LogP contribution in [0.3, 0.4) is 0 Å². The smallest absolute Gasteiger partial charge is 0.0730 e. The zero-order valence-corrected chi connectivity index (χ0v) is 12.5. The van der Waals surface area contributed by atoms with Crippen LogP contribution in [-0.4, -0.2) is 15.0 Å². The molecule has 0 bridgehead atoms. The number of hydrogen-bond donors (Lipinski definition) is 0. The number of nitrogens with zero attached hydrogens (tertiary/aromatic N) is 3. The largest absolute Gasteiger partial charge is 0.256 e. The average molecular weight is 291 g/mol. The Hall–Kier alpha value is -2.38. The highest BCUT2D eigenvalue weighted by Gasteiger charge is 2.13. The molecular weight excluding hydrogens is 277 g/mol. The van der Waals surface area contributed by atoms with Gasteiger partial charge in [0.2, 0.25) is 0 Å². The Kier molecular flexibility index (Phi) is 4.13. The molecule has 0 aliphatic carbocycles. The van der Waals surface area contributed by atoms with Gasteiger partial charge in [-0.2, -0.15) is 0 Å². The van der Waals surface area contributed by atoms with E-state index in [1.165, 1.54) is 0 Å². The summed E-state index contributed by atoms with van der Waals surface area (Å²) < 4.78 is 0. The van der Waals surface area contributed by atoms with Crippen molar-refractivity contribution in [2.45, 2.75) is 0 Å². The number of rotatable bonds is 3. The lowest BCUT2D eigenvalue weighted by atomic mass is 10.1. The fourth-order valence-corrected chi connectivity index (χ4v) is 2.55. The summed E-state index contributed by atoms with van der Waals surface area (Å²) in [5, 5.41) is 0.980. The van der Waals surface area contributed by atoms with Gasteiger partial charge in [-0.1, -0.05) is 18.2 Å². The van der Waals surface area contributed by atoms with E-state index in [9.17, 15) is 0 Å². The van der Waals surface area contributed by atoms with Gasteiger partial charge >= 0.3 is 0 Å². The predicted molar refractivity (Wildman–Crippen MR) is 88.3 cm³/mol. The zero-order valence-electron chi connectivity index (χ0n) is 11.3. The first-order valence-electron chi connectivity index (χ1n) is 6.60. The molecule has 21 heavy (non-hydrogen) atoms. The van der Waals surface area contributed by atoms with Crippen molar-refractivity contribution in [3.63, 3.8) is 0 Å². The average Bonchev–Trinajstić information content (AvgIpc) is 2.58. The summed E-state index contributed by atoms with van der Waals surface area (Å²) in [5.41, 5.74) is 3.63. The van der Waals surface area contributed by atoms with Gasteiger partial charge in [0.15, 0.2) is 0 Å². The maximum Gasteiger partial charge on any atom is 0.0730 e. The Bertz CT molecular complexity index is 699. The summed E-state index contributed by atoms with van der Waals surface area (Å²) >= 11 is 0. The molecule has 1 unspecified atom stereocenters. The molecule has 0 amide bonds. The lowest BCUT2D eigenvalue weighted by molar-refractivity contribution is 1.22. The van der Waals surface area contributed by atoms with Gasteiger partial charge < -0.3 is 0 Å². The maximum absolute atomic E-state index is 4.46. The van der Waals surface area contributed by atoms with Crippen molar-refractivity contribution < 1.29 is 0 Å². The molecule has 0 aliphatic rings. The van der Waals surface area contributed by atoms with E-state index in [0.29, 0.717) is 0 Å². The second kappa shape index (κ2) is 6.38. The third-order valence-electron chi connectivity index (χ3n) is 3.05. The normalized spacial score (nSPS) is 10.1. The second-order valence-electron chi connectivity index (χ2n) is 4.43. The first kappa shape index (κ1) is 13.6. The lowest BCUT2D eigenvalue weighted by Gasteiger charge is -2.11. The third kappa shape index (κ3) is 3.04. The van der Waals surface area contributed by atoms with E-state index in [4.69, 9.17) is 0 Å². The first-order valence-corrected chi connectivity index (χ1v) is 7.18. The van der Waals surface area contributed by atoms with Crippen LogP contribution in [0.25, 0.3) is 10.9 Å². The Balaban J connectivity index is 2.22. The number of hydrogen-bond acceptors (Lipinski definition) is 3. The molecule has 3 aromatic rings. The molecule has 102 valence electrons. The molecule has 0 fully saturated rings. The van der Waals surface area contributed by atoms with Gasteiger partial charge in [0.05, 0.1) is 17.1 Å². The maximum atomic E-state index is 4.46. The predicted octanol–water partition coefficient (Wildman–Crippen LogP) is 3.66. The zero-order chi connectivity index (χ0) is 14.5. The van der Waals surface area contributed by atoms with Crippen LogP contribution < -0.4 is 0 Å². The Morgan fingerprint density at radius 1 is 0.619 bits per heavy atom. The van der Waals surface area contributed by atoms with Gasteiger partial charge in [0.1, 0.15) is 0 Å². The summed E-state index contributed by atoms with van der Waals surface area (Å²) in [6.45, 7) is 0. The standard InChI is InChI=1S/C17H14N3P/c21-17(15-9-3-6-12-20-15)16(13-7-1-4-10-18-13)14-8-2-5-11-19-14/h1-12H,21H2. The van der Waals surface area contributed by atoms with Crippen molar-refractivity contribution in [1.29, 1.82) is 0 Å². The molecule has 3 heterocycles. The minimum absolute atomic E-state index is 0.881. The van der Waals surface area contributed by atoms with Crippen molar-refractivity contribution in [2.24, 2.45) is 0 Å². The lowest BCUT2D eigenvalue weighted by Crippen LogP contribution is -1.97. The quantitative estimate of drug-likeness (QED) is 0.691. The summed E-state index contributed by atoms with van der Waals surface area (Å²) in [5.74, 6) is 0. The van der Waals surface area contributed by atoms with Crippen LogP contribution in [-0.2, 0) is 0 Å². The minimum atomic E-state index is 0.881. The van der Waals surface area contributed by atoms with Crippen LogP contribution in [0.15, 0.2) is 73.2 Å². The summed E-state index contributed by atoms with van der Waals surface area (Å²) in [7, 11) is 2.77. The molecule has 0 aliphatic heterocycles. The Labute approximate surface area is 126 Å². The molecule has 3 rings (SSSR count). The monoisotopic (exact) mass is 291 g/mol. The van der Waals surface area contributed by atoms with Crippen LogP contribution in [0.1, 0.15) is 17.1 Å². The molecule has 0 saturated carbocycles. The van der Waals surface area contributed by atoms with Crippen LogP contribution in [0, 0.1) is 0 Å². The Morgan fingerprint density at radius 3 is 1.43 bits per heavy atom. The molecule has 0 N–H and O–H groups in total. The van der Waals surface area contributed by atoms with Crippen molar-refractivity contribution in [3.05, 3.63) is 90.3 Å². The first-order chi connectivity index (χ1) is 10.4. The van der Waals surface area contributed by atoms with Crippen molar-refractivity contribution in [3.8, 4) is 0 Å². The highest BCUT2D eigenvalue weighted by Crippen LogP contribution is 2.33. The highest BCUT2D eigenvalue weighted by atomic mass is 31.0. The van der Waals surface area contributed by atoms with Gasteiger partial charge in [-0.15, -0.1) is 9.24 Å². The van der Waals surface area contributed by atoms with Crippen LogP contribution in [0.4, 0.5) is 0 Å². The van der Waals surface area contributed by atoms with Gasteiger partial charge in [0, 0.05) is 29.5 Å². The van der Waals surface area contributed by atoms with Gasteiger partial charge in [0.25, 0.3) is 0 Å². The molecular formula is C17H14N3P. The summed E-state index contributed by atoms with van der Waals surface area (Å²) in [4.78, 5) is 13.3. The Morgan fingerprint density at radius 2 is 1.05 bits per heavy atom. The second-order valence-corrected chi connectivity index (χ2v) is 5.01.